The predicted molar refractivity (Wildman–Crippen MR) is 139 cm³/mol. The lowest BCUT2D eigenvalue weighted by molar-refractivity contribution is -0.363. The van der Waals surface area contributed by atoms with Gasteiger partial charge in [-0.3, -0.25) is 4.79 Å². The van der Waals surface area contributed by atoms with Crippen molar-refractivity contribution in [2.24, 2.45) is 22.7 Å². The van der Waals surface area contributed by atoms with Crippen molar-refractivity contribution in [3.8, 4) is 0 Å². The summed E-state index contributed by atoms with van der Waals surface area (Å²) in [6.07, 6.45) is -5.60. The molecule has 4 N–H and O–H groups in total. The molecular weight excluding hydrogens is 504 g/mol. The van der Waals surface area contributed by atoms with Crippen molar-refractivity contribution in [3.63, 3.8) is 0 Å². The molecule has 1 aromatic carbocycles. The lowest BCUT2D eigenvalue weighted by Crippen LogP contribution is -2.81. The summed E-state index contributed by atoms with van der Waals surface area (Å²) in [7, 11) is 0. The van der Waals surface area contributed by atoms with Crippen molar-refractivity contribution in [1.82, 2.24) is 0 Å². The Morgan fingerprint density at radius 1 is 1.08 bits per heavy atom. The molecule has 1 aliphatic heterocycles. The zero-order valence-corrected chi connectivity index (χ0v) is 23.4. The predicted octanol–water partition coefficient (Wildman–Crippen LogP) is 2.15. The number of esters is 2. The second-order valence-corrected chi connectivity index (χ2v) is 12.7. The molecule has 1 saturated heterocycles. The van der Waals surface area contributed by atoms with Gasteiger partial charge in [0.05, 0.1) is 36.4 Å². The fourth-order valence-corrected chi connectivity index (χ4v) is 8.41. The van der Waals surface area contributed by atoms with Crippen LogP contribution in [0, 0.1) is 22.7 Å². The third-order valence-corrected chi connectivity index (χ3v) is 10.5. The Hall–Kier alpha value is -2.30. The summed E-state index contributed by atoms with van der Waals surface area (Å²) in [5.41, 5.74) is -4.19. The first-order chi connectivity index (χ1) is 18.1. The summed E-state index contributed by atoms with van der Waals surface area (Å²) in [6.45, 7) is 10.2. The average molecular weight is 545 g/mol. The first-order valence-corrected chi connectivity index (χ1v) is 13.7. The fourth-order valence-electron chi connectivity index (χ4n) is 8.41. The van der Waals surface area contributed by atoms with Gasteiger partial charge >= 0.3 is 11.9 Å². The minimum atomic E-state index is -1.86. The molecule has 0 aromatic heterocycles. The number of hydrogen-bond acceptors (Lipinski definition) is 9. The van der Waals surface area contributed by atoms with Crippen LogP contribution in [0.25, 0.3) is 0 Å². The molecule has 2 bridgehead atoms. The van der Waals surface area contributed by atoms with E-state index in [4.69, 9.17) is 14.2 Å². The quantitative estimate of drug-likeness (QED) is 0.332. The first kappa shape index (κ1) is 28.2. The summed E-state index contributed by atoms with van der Waals surface area (Å²) < 4.78 is 18.1. The minimum absolute atomic E-state index is 0.0501. The highest BCUT2D eigenvalue weighted by atomic mass is 16.6. The number of fused-ring (bicyclic) bond motifs is 5. The number of rotatable bonds is 3. The molecule has 9 nitrogen and oxygen atoms in total. The van der Waals surface area contributed by atoms with Gasteiger partial charge in [0.1, 0.15) is 17.8 Å². The summed E-state index contributed by atoms with van der Waals surface area (Å²) in [6, 6.07) is 8.33. The smallest absolute Gasteiger partial charge is 0.338 e. The largest absolute Gasteiger partial charge is 0.455 e. The monoisotopic (exact) mass is 544 g/mol. The summed E-state index contributed by atoms with van der Waals surface area (Å²) in [4.78, 5) is 26.1. The van der Waals surface area contributed by atoms with E-state index in [0.717, 1.165) is 0 Å². The van der Waals surface area contributed by atoms with Gasteiger partial charge in [0.2, 0.25) is 0 Å². The Bertz CT molecular complexity index is 1190. The molecule has 0 radical (unpaired) electrons. The van der Waals surface area contributed by atoms with Crippen LogP contribution in [-0.2, 0) is 19.0 Å². The molecule has 39 heavy (non-hydrogen) atoms. The van der Waals surface area contributed by atoms with Crippen molar-refractivity contribution in [1.29, 1.82) is 0 Å². The highest BCUT2D eigenvalue weighted by Gasteiger charge is 2.77. The van der Waals surface area contributed by atoms with Crippen molar-refractivity contribution < 1.29 is 44.2 Å². The van der Waals surface area contributed by atoms with Crippen LogP contribution in [0.15, 0.2) is 41.5 Å². The molecule has 2 saturated carbocycles. The summed E-state index contributed by atoms with van der Waals surface area (Å²) in [5.74, 6) is -2.97. The van der Waals surface area contributed by atoms with Crippen LogP contribution in [0.3, 0.4) is 0 Å². The Kier molecular flexibility index (Phi) is 6.59. The molecule has 3 aliphatic carbocycles. The number of carbonyl (C=O) groups excluding carboxylic acids is 2. The highest BCUT2D eigenvalue weighted by molar-refractivity contribution is 5.89. The molecule has 10 atom stereocenters. The van der Waals surface area contributed by atoms with Gasteiger partial charge in [0, 0.05) is 36.5 Å². The Balaban J connectivity index is 1.80. The molecular formula is C30H40O9. The van der Waals surface area contributed by atoms with Gasteiger partial charge in [0.15, 0.2) is 5.60 Å². The third kappa shape index (κ3) is 3.70. The van der Waals surface area contributed by atoms with Crippen molar-refractivity contribution in [2.45, 2.75) is 96.1 Å². The van der Waals surface area contributed by atoms with Crippen LogP contribution in [0.4, 0.5) is 0 Å². The Morgan fingerprint density at radius 3 is 2.28 bits per heavy atom. The van der Waals surface area contributed by atoms with Crippen LogP contribution in [0.5, 0.6) is 0 Å². The van der Waals surface area contributed by atoms with Gasteiger partial charge in [-0.1, -0.05) is 51.5 Å². The Labute approximate surface area is 228 Å². The van der Waals surface area contributed by atoms with Crippen LogP contribution in [0.1, 0.15) is 64.7 Å². The number of carbonyl (C=O) groups is 2. The Morgan fingerprint density at radius 2 is 1.72 bits per heavy atom. The second-order valence-electron chi connectivity index (χ2n) is 12.7. The molecule has 3 fully saturated rings. The van der Waals surface area contributed by atoms with E-state index in [2.05, 4.69) is 0 Å². The lowest BCUT2D eigenvalue weighted by atomic mass is 9.43. The number of ether oxygens (including phenoxy) is 3. The zero-order chi connectivity index (χ0) is 28.7. The normalized spacial score (nSPS) is 44.6. The first-order valence-electron chi connectivity index (χ1n) is 13.7. The molecule has 9 heteroatoms. The van der Waals surface area contributed by atoms with Crippen LogP contribution < -0.4 is 0 Å². The van der Waals surface area contributed by atoms with Gasteiger partial charge in [-0.05, 0) is 24.6 Å². The average Bonchev–Trinajstić information content (AvgIpc) is 2.87. The molecule has 214 valence electrons. The highest BCUT2D eigenvalue weighted by Crippen LogP contribution is 2.65. The van der Waals surface area contributed by atoms with E-state index in [1.165, 1.54) is 6.92 Å². The summed E-state index contributed by atoms with van der Waals surface area (Å²) >= 11 is 0. The van der Waals surface area contributed by atoms with Gasteiger partial charge in [-0.2, -0.15) is 0 Å². The van der Waals surface area contributed by atoms with Crippen LogP contribution in [-0.4, -0.2) is 80.7 Å². The molecule has 4 aliphatic rings. The van der Waals surface area contributed by atoms with Gasteiger partial charge in [-0.15, -0.1) is 0 Å². The number of aliphatic hydroxyl groups excluding tert-OH is 3. The van der Waals surface area contributed by atoms with E-state index in [9.17, 15) is 30.0 Å². The van der Waals surface area contributed by atoms with Crippen LogP contribution in [0.2, 0.25) is 0 Å². The number of aliphatic hydroxyl groups is 4. The van der Waals surface area contributed by atoms with Gasteiger partial charge < -0.3 is 34.6 Å². The van der Waals surface area contributed by atoms with E-state index >= 15 is 0 Å². The third-order valence-electron chi connectivity index (χ3n) is 10.5. The van der Waals surface area contributed by atoms with Gasteiger partial charge in [-0.25, -0.2) is 4.79 Å². The van der Waals surface area contributed by atoms with Crippen molar-refractivity contribution >= 4 is 11.9 Å². The van der Waals surface area contributed by atoms with E-state index in [-0.39, 0.29) is 25.0 Å². The van der Waals surface area contributed by atoms with E-state index < -0.39 is 76.3 Å². The fraction of sp³-hybridized carbons (Fsp3) is 0.667. The lowest BCUT2D eigenvalue weighted by Gasteiger charge is -2.69. The minimum Gasteiger partial charge on any atom is -0.455 e. The molecule has 0 amide bonds. The van der Waals surface area contributed by atoms with Crippen LogP contribution >= 0.6 is 0 Å². The molecule has 1 aromatic rings. The maximum atomic E-state index is 13.6. The maximum Gasteiger partial charge on any atom is 0.338 e. The molecule has 0 spiro atoms. The molecule has 1 heterocycles. The van der Waals surface area contributed by atoms with Crippen molar-refractivity contribution in [3.05, 3.63) is 47.0 Å². The number of hydrogen-bond donors (Lipinski definition) is 4. The van der Waals surface area contributed by atoms with Crippen molar-refractivity contribution in [2.75, 3.05) is 6.61 Å². The zero-order valence-electron chi connectivity index (χ0n) is 23.4. The summed E-state index contributed by atoms with van der Waals surface area (Å²) in [5, 5.41) is 47.7. The van der Waals surface area contributed by atoms with E-state index in [1.54, 1.807) is 44.2 Å². The molecule has 5 rings (SSSR count). The van der Waals surface area contributed by atoms with E-state index in [1.807, 2.05) is 20.8 Å². The maximum absolute atomic E-state index is 13.6. The SMILES string of the molecule is CC(=O)O[C@@]12CO[C@@H]1C[C@H](O)[C@]1(C)[C@@H]2[C@H](OC(=O)c2ccccc2)[C@]2(O)C[C@H](O)C(C)=C([C@@H](C)[C@@H]1O)C2(C)C. The number of benzene rings is 1. The molecule has 0 unspecified atom stereocenters. The van der Waals surface area contributed by atoms with E-state index in [0.29, 0.717) is 11.1 Å². The standard InChI is InChI=1S/C30H40O9/c1-15-19(32)13-30(36)25(38-26(35)18-10-8-7-9-11-18)23-28(6,24(34)16(2)22(15)27(30,4)5)20(33)12-21-29(23,14-37-21)39-17(3)31/h7-11,16,19-21,23-25,32-34,36H,12-14H2,1-6H3/t16-,19+,20+,21-,23+,24+,25+,28-,29+,30-/m1/s1. The second kappa shape index (κ2) is 9.11. The van der Waals surface area contributed by atoms with Gasteiger partial charge in [0.25, 0.3) is 0 Å². The topological polar surface area (TPSA) is 143 Å².